The lowest BCUT2D eigenvalue weighted by Crippen LogP contribution is -2.09. The highest BCUT2D eigenvalue weighted by atomic mass is 32.2. The molecular weight excluding hydrogens is 222 g/mol. The van der Waals surface area contributed by atoms with Gasteiger partial charge in [0, 0.05) is 5.92 Å². The molecule has 1 aromatic heterocycles. The van der Waals surface area contributed by atoms with Gasteiger partial charge in [-0.15, -0.1) is 0 Å². The number of Topliss-reactive ketones (excluding diaryl/α,β-unsaturated/α-hetero) is 1. The summed E-state index contributed by atoms with van der Waals surface area (Å²) < 4.78 is 5.50. The highest BCUT2D eigenvalue weighted by Gasteiger charge is 2.11. The van der Waals surface area contributed by atoms with E-state index in [9.17, 15) is 4.79 Å². The summed E-state index contributed by atoms with van der Waals surface area (Å²) in [5.74, 6) is 0.703. The SMILES string of the molecule is CC(C)C(=O)CSc1nc2ccccc2o1. The van der Waals surface area contributed by atoms with Crippen molar-refractivity contribution in [1.29, 1.82) is 0 Å². The molecule has 0 radical (unpaired) electrons. The van der Waals surface area contributed by atoms with Gasteiger partial charge in [0.1, 0.15) is 11.3 Å². The van der Waals surface area contributed by atoms with E-state index in [1.807, 2.05) is 38.1 Å². The molecular formula is C12H13NO2S. The van der Waals surface area contributed by atoms with Crippen LogP contribution in [0.25, 0.3) is 11.1 Å². The Labute approximate surface area is 98.2 Å². The molecule has 0 saturated heterocycles. The van der Waals surface area contributed by atoms with Crippen LogP contribution in [0.1, 0.15) is 13.8 Å². The van der Waals surface area contributed by atoms with Crippen LogP contribution in [-0.4, -0.2) is 16.5 Å². The van der Waals surface area contributed by atoms with Crippen LogP contribution in [0.15, 0.2) is 33.9 Å². The van der Waals surface area contributed by atoms with Crippen LogP contribution in [0, 0.1) is 5.92 Å². The zero-order valence-electron chi connectivity index (χ0n) is 9.27. The van der Waals surface area contributed by atoms with Crippen molar-refractivity contribution in [3.05, 3.63) is 24.3 Å². The molecule has 0 unspecified atom stereocenters. The molecule has 2 aromatic rings. The zero-order chi connectivity index (χ0) is 11.5. The lowest BCUT2D eigenvalue weighted by Gasteiger charge is -2.00. The van der Waals surface area contributed by atoms with E-state index in [1.165, 1.54) is 11.8 Å². The number of benzene rings is 1. The van der Waals surface area contributed by atoms with Crippen LogP contribution in [0.3, 0.4) is 0 Å². The molecule has 1 heterocycles. The molecule has 0 aliphatic heterocycles. The van der Waals surface area contributed by atoms with Crippen LogP contribution in [0.4, 0.5) is 0 Å². The van der Waals surface area contributed by atoms with Crippen molar-refractivity contribution in [2.24, 2.45) is 5.92 Å². The van der Waals surface area contributed by atoms with Gasteiger partial charge in [0.2, 0.25) is 0 Å². The van der Waals surface area contributed by atoms with Gasteiger partial charge < -0.3 is 4.42 Å². The fourth-order valence-electron chi connectivity index (χ4n) is 1.21. The minimum atomic E-state index is 0.0666. The van der Waals surface area contributed by atoms with E-state index >= 15 is 0 Å². The van der Waals surface area contributed by atoms with E-state index in [0.717, 1.165) is 11.1 Å². The third kappa shape index (κ3) is 2.44. The molecule has 0 amide bonds. The van der Waals surface area contributed by atoms with Gasteiger partial charge in [-0.2, -0.15) is 0 Å². The van der Waals surface area contributed by atoms with Crippen molar-refractivity contribution < 1.29 is 9.21 Å². The molecule has 0 aliphatic rings. The Hall–Kier alpha value is -1.29. The summed E-state index contributed by atoms with van der Waals surface area (Å²) in [5.41, 5.74) is 1.60. The summed E-state index contributed by atoms with van der Waals surface area (Å²) in [7, 11) is 0. The van der Waals surface area contributed by atoms with Crippen molar-refractivity contribution in [2.45, 2.75) is 19.1 Å². The van der Waals surface area contributed by atoms with Crippen molar-refractivity contribution >= 4 is 28.6 Å². The molecule has 16 heavy (non-hydrogen) atoms. The van der Waals surface area contributed by atoms with Gasteiger partial charge in [-0.1, -0.05) is 37.7 Å². The number of rotatable bonds is 4. The number of thioether (sulfide) groups is 1. The normalized spacial score (nSPS) is 11.2. The Kier molecular flexibility index (Phi) is 3.29. The average molecular weight is 235 g/mol. The molecule has 0 fully saturated rings. The summed E-state index contributed by atoms with van der Waals surface area (Å²) in [6.07, 6.45) is 0. The topological polar surface area (TPSA) is 43.1 Å². The molecule has 0 bridgehead atoms. The molecule has 0 spiro atoms. The van der Waals surface area contributed by atoms with Crippen LogP contribution >= 0.6 is 11.8 Å². The third-order valence-corrected chi connectivity index (χ3v) is 3.11. The van der Waals surface area contributed by atoms with E-state index in [4.69, 9.17) is 4.42 Å². The second-order valence-electron chi connectivity index (χ2n) is 3.86. The van der Waals surface area contributed by atoms with Gasteiger partial charge in [-0.25, -0.2) is 4.98 Å². The highest BCUT2D eigenvalue weighted by molar-refractivity contribution is 7.99. The summed E-state index contributed by atoms with van der Waals surface area (Å²) >= 11 is 1.36. The maximum absolute atomic E-state index is 11.4. The van der Waals surface area contributed by atoms with Crippen LogP contribution < -0.4 is 0 Å². The van der Waals surface area contributed by atoms with E-state index < -0.39 is 0 Å². The number of oxazole rings is 1. The number of fused-ring (bicyclic) bond motifs is 1. The number of aromatic nitrogens is 1. The second kappa shape index (κ2) is 4.70. The standard InChI is InChI=1S/C12H13NO2S/c1-8(2)10(14)7-16-12-13-9-5-3-4-6-11(9)15-12/h3-6,8H,7H2,1-2H3. The molecule has 1 aromatic carbocycles. The Balaban J connectivity index is 2.07. The number of nitrogens with zero attached hydrogens (tertiary/aromatic N) is 1. The molecule has 4 heteroatoms. The molecule has 0 N–H and O–H groups in total. The summed E-state index contributed by atoms with van der Waals surface area (Å²) in [5, 5.41) is 0.565. The monoisotopic (exact) mass is 235 g/mol. The number of para-hydroxylation sites is 2. The van der Waals surface area contributed by atoms with Gasteiger partial charge in [0.15, 0.2) is 5.58 Å². The van der Waals surface area contributed by atoms with Gasteiger partial charge in [0.05, 0.1) is 5.75 Å². The number of hydrogen-bond donors (Lipinski definition) is 0. The first-order chi connectivity index (χ1) is 7.66. The maximum Gasteiger partial charge on any atom is 0.257 e. The van der Waals surface area contributed by atoms with Crippen molar-refractivity contribution in [2.75, 3.05) is 5.75 Å². The lowest BCUT2D eigenvalue weighted by molar-refractivity contribution is -0.119. The van der Waals surface area contributed by atoms with E-state index in [2.05, 4.69) is 4.98 Å². The van der Waals surface area contributed by atoms with Gasteiger partial charge in [0.25, 0.3) is 5.22 Å². The molecule has 0 aliphatic carbocycles. The Morgan fingerprint density at radius 2 is 2.19 bits per heavy atom. The van der Waals surface area contributed by atoms with Crippen molar-refractivity contribution in [1.82, 2.24) is 4.98 Å². The van der Waals surface area contributed by atoms with Gasteiger partial charge >= 0.3 is 0 Å². The van der Waals surface area contributed by atoms with Crippen molar-refractivity contribution in [3.8, 4) is 0 Å². The number of carbonyl (C=O) groups is 1. The van der Waals surface area contributed by atoms with Crippen molar-refractivity contribution in [3.63, 3.8) is 0 Å². The van der Waals surface area contributed by atoms with Crippen LogP contribution in [0.2, 0.25) is 0 Å². The predicted molar refractivity (Wildman–Crippen MR) is 64.6 cm³/mol. The number of carbonyl (C=O) groups excluding carboxylic acids is 1. The fourth-order valence-corrected chi connectivity index (χ4v) is 2.12. The maximum atomic E-state index is 11.4. The second-order valence-corrected chi connectivity index (χ2v) is 4.78. The first-order valence-electron chi connectivity index (χ1n) is 5.18. The van der Waals surface area contributed by atoms with Gasteiger partial charge in [-0.3, -0.25) is 4.79 Å². The smallest absolute Gasteiger partial charge is 0.257 e. The molecule has 84 valence electrons. The minimum Gasteiger partial charge on any atom is -0.431 e. The quantitative estimate of drug-likeness (QED) is 0.763. The van der Waals surface area contributed by atoms with E-state index in [1.54, 1.807) is 0 Å². The Bertz CT molecular complexity index is 471. The third-order valence-electron chi connectivity index (χ3n) is 2.26. The summed E-state index contributed by atoms with van der Waals surface area (Å²) in [6, 6.07) is 7.59. The Morgan fingerprint density at radius 3 is 2.88 bits per heavy atom. The lowest BCUT2D eigenvalue weighted by atomic mass is 10.1. The fraction of sp³-hybridized carbons (Fsp3) is 0.333. The van der Waals surface area contributed by atoms with E-state index in [-0.39, 0.29) is 11.7 Å². The number of ketones is 1. The molecule has 3 nitrogen and oxygen atoms in total. The number of hydrogen-bond acceptors (Lipinski definition) is 4. The first kappa shape index (κ1) is 11.2. The molecule has 0 saturated carbocycles. The highest BCUT2D eigenvalue weighted by Crippen LogP contribution is 2.23. The van der Waals surface area contributed by atoms with Crippen LogP contribution in [0.5, 0.6) is 0 Å². The van der Waals surface area contributed by atoms with Gasteiger partial charge in [-0.05, 0) is 12.1 Å². The summed E-state index contributed by atoms with van der Waals surface area (Å²) in [4.78, 5) is 15.7. The van der Waals surface area contributed by atoms with Crippen LogP contribution in [-0.2, 0) is 4.79 Å². The average Bonchev–Trinajstić information content (AvgIpc) is 2.68. The van der Waals surface area contributed by atoms with E-state index in [0.29, 0.717) is 11.0 Å². The summed E-state index contributed by atoms with van der Waals surface area (Å²) in [6.45, 7) is 3.80. The molecule has 0 atom stereocenters. The first-order valence-corrected chi connectivity index (χ1v) is 6.16. The minimum absolute atomic E-state index is 0.0666. The largest absolute Gasteiger partial charge is 0.431 e. The Morgan fingerprint density at radius 1 is 1.44 bits per heavy atom. The zero-order valence-corrected chi connectivity index (χ0v) is 10.1. The predicted octanol–water partition coefficient (Wildman–Crippen LogP) is 3.15. The molecule has 2 rings (SSSR count).